The summed E-state index contributed by atoms with van der Waals surface area (Å²) in [5, 5.41) is 3.79. The molecule has 0 aliphatic heterocycles. The van der Waals surface area contributed by atoms with Crippen molar-refractivity contribution in [2.45, 2.75) is 51.6 Å². The Morgan fingerprint density at radius 3 is 2.38 bits per heavy atom. The van der Waals surface area contributed by atoms with Crippen LogP contribution in [0.15, 0.2) is 48.5 Å². The fourth-order valence-corrected chi connectivity index (χ4v) is 3.51. The van der Waals surface area contributed by atoms with Gasteiger partial charge in [0.1, 0.15) is 0 Å². The molecule has 21 heavy (non-hydrogen) atoms. The highest BCUT2D eigenvalue weighted by molar-refractivity contribution is 5.32. The Balaban J connectivity index is 1.57. The summed E-state index contributed by atoms with van der Waals surface area (Å²) < 4.78 is 0. The van der Waals surface area contributed by atoms with Gasteiger partial charge in [-0.3, -0.25) is 0 Å². The number of hydrogen-bond donors (Lipinski definition) is 1. The molecular weight excluding hydrogens is 254 g/mol. The maximum atomic E-state index is 3.79. The van der Waals surface area contributed by atoms with Gasteiger partial charge in [-0.15, -0.1) is 0 Å². The Bertz CT molecular complexity index is 596. The van der Waals surface area contributed by atoms with E-state index in [1.165, 1.54) is 35.1 Å². The maximum Gasteiger partial charge on any atom is 0.0296 e. The van der Waals surface area contributed by atoms with E-state index in [-0.39, 0.29) is 0 Å². The van der Waals surface area contributed by atoms with Crippen LogP contribution < -0.4 is 5.32 Å². The molecule has 1 aliphatic carbocycles. The summed E-state index contributed by atoms with van der Waals surface area (Å²) in [7, 11) is 0. The number of nitrogens with one attached hydrogen (secondary N) is 1. The van der Waals surface area contributed by atoms with Crippen molar-refractivity contribution >= 4 is 0 Å². The van der Waals surface area contributed by atoms with Gasteiger partial charge in [-0.05, 0) is 56.2 Å². The van der Waals surface area contributed by atoms with E-state index in [1.807, 2.05) is 0 Å². The van der Waals surface area contributed by atoms with E-state index in [4.69, 9.17) is 0 Å². The first-order valence-corrected chi connectivity index (χ1v) is 8.01. The van der Waals surface area contributed by atoms with Crippen LogP contribution in [0.4, 0.5) is 0 Å². The third kappa shape index (κ3) is 3.19. The first-order chi connectivity index (χ1) is 10.1. The Labute approximate surface area is 128 Å². The summed E-state index contributed by atoms with van der Waals surface area (Å²) in [6.45, 7) is 6.66. The lowest BCUT2D eigenvalue weighted by Gasteiger charge is -2.38. The zero-order valence-corrected chi connectivity index (χ0v) is 13.3. The molecule has 0 heterocycles. The summed E-state index contributed by atoms with van der Waals surface area (Å²) in [5.41, 5.74) is 5.67. The van der Waals surface area contributed by atoms with Gasteiger partial charge in [-0.1, -0.05) is 54.1 Å². The van der Waals surface area contributed by atoms with E-state index < -0.39 is 0 Å². The highest BCUT2D eigenvalue weighted by atomic mass is 15.0. The zero-order chi connectivity index (χ0) is 14.8. The smallest absolute Gasteiger partial charge is 0.0296 e. The lowest BCUT2D eigenvalue weighted by molar-refractivity contribution is 0.270. The highest BCUT2D eigenvalue weighted by Crippen LogP contribution is 2.37. The molecule has 0 radical (unpaired) electrons. The highest BCUT2D eigenvalue weighted by Gasteiger charge is 2.31. The number of benzene rings is 2. The second kappa shape index (κ2) is 6.03. The molecule has 1 nitrogen and oxygen atoms in total. The minimum atomic E-state index is 0.437. The van der Waals surface area contributed by atoms with Gasteiger partial charge in [0, 0.05) is 12.1 Å². The average Bonchev–Trinajstić information content (AvgIpc) is 2.43. The minimum absolute atomic E-state index is 0.437. The van der Waals surface area contributed by atoms with Gasteiger partial charge in [0.2, 0.25) is 0 Å². The molecule has 1 fully saturated rings. The molecular formula is C20H25N. The molecule has 1 saturated carbocycles. The van der Waals surface area contributed by atoms with Crippen LogP contribution in [0.3, 0.4) is 0 Å². The minimum Gasteiger partial charge on any atom is -0.307 e. The molecule has 0 saturated heterocycles. The molecule has 2 aromatic rings. The van der Waals surface area contributed by atoms with E-state index in [9.17, 15) is 0 Å². The first-order valence-electron chi connectivity index (χ1n) is 8.01. The SMILES string of the molecule is Cc1ccc(C(C)NC2CC(c3ccccc3)C2)c(C)c1. The Hall–Kier alpha value is -1.60. The van der Waals surface area contributed by atoms with Crippen molar-refractivity contribution in [1.82, 2.24) is 5.32 Å². The van der Waals surface area contributed by atoms with Crippen molar-refractivity contribution in [3.63, 3.8) is 0 Å². The van der Waals surface area contributed by atoms with Crippen LogP contribution in [-0.4, -0.2) is 6.04 Å². The van der Waals surface area contributed by atoms with Crippen LogP contribution in [-0.2, 0) is 0 Å². The fourth-order valence-electron chi connectivity index (χ4n) is 3.51. The normalized spacial score (nSPS) is 22.6. The fraction of sp³-hybridized carbons (Fsp3) is 0.400. The quantitative estimate of drug-likeness (QED) is 0.839. The van der Waals surface area contributed by atoms with Crippen molar-refractivity contribution in [2.24, 2.45) is 0 Å². The van der Waals surface area contributed by atoms with Gasteiger partial charge in [-0.2, -0.15) is 0 Å². The van der Waals surface area contributed by atoms with E-state index in [0.29, 0.717) is 12.1 Å². The van der Waals surface area contributed by atoms with Crippen molar-refractivity contribution in [3.8, 4) is 0 Å². The molecule has 1 atom stereocenters. The van der Waals surface area contributed by atoms with Crippen molar-refractivity contribution in [2.75, 3.05) is 0 Å². The van der Waals surface area contributed by atoms with E-state index in [2.05, 4.69) is 74.6 Å². The molecule has 1 unspecified atom stereocenters. The molecule has 1 N–H and O–H groups in total. The summed E-state index contributed by atoms with van der Waals surface area (Å²) in [6.07, 6.45) is 2.53. The molecule has 2 aromatic carbocycles. The van der Waals surface area contributed by atoms with Gasteiger partial charge in [0.15, 0.2) is 0 Å². The number of rotatable bonds is 4. The molecule has 110 valence electrons. The van der Waals surface area contributed by atoms with E-state index in [0.717, 1.165) is 5.92 Å². The van der Waals surface area contributed by atoms with Gasteiger partial charge >= 0.3 is 0 Å². The third-order valence-electron chi connectivity index (χ3n) is 4.79. The molecule has 0 aromatic heterocycles. The lowest BCUT2D eigenvalue weighted by atomic mass is 9.75. The summed E-state index contributed by atoms with van der Waals surface area (Å²) in [5.74, 6) is 0.745. The molecule has 0 spiro atoms. The maximum absolute atomic E-state index is 3.79. The molecule has 1 heteroatoms. The van der Waals surface area contributed by atoms with Crippen LogP contribution in [0.1, 0.15) is 54.0 Å². The van der Waals surface area contributed by atoms with Gasteiger partial charge in [-0.25, -0.2) is 0 Å². The van der Waals surface area contributed by atoms with Crippen molar-refractivity contribution < 1.29 is 0 Å². The Morgan fingerprint density at radius 1 is 1.00 bits per heavy atom. The summed E-state index contributed by atoms with van der Waals surface area (Å²) in [6, 6.07) is 18.8. The van der Waals surface area contributed by atoms with Crippen LogP contribution in [0.2, 0.25) is 0 Å². The summed E-state index contributed by atoms with van der Waals surface area (Å²) >= 11 is 0. The second-order valence-corrected chi connectivity index (χ2v) is 6.52. The standard InChI is InChI=1S/C20H25N/c1-14-9-10-20(15(2)11-14)16(3)21-19-12-18(13-19)17-7-5-4-6-8-17/h4-11,16,18-19,21H,12-13H2,1-3H3. The third-order valence-corrected chi connectivity index (χ3v) is 4.79. The largest absolute Gasteiger partial charge is 0.307 e. The predicted molar refractivity (Wildman–Crippen MR) is 89.7 cm³/mol. The molecule has 1 aliphatic rings. The number of aryl methyl sites for hydroxylation is 2. The van der Waals surface area contributed by atoms with E-state index >= 15 is 0 Å². The van der Waals surface area contributed by atoms with Gasteiger partial charge in [0.25, 0.3) is 0 Å². The first kappa shape index (κ1) is 14.3. The molecule has 0 bridgehead atoms. The van der Waals surface area contributed by atoms with Crippen LogP contribution in [0, 0.1) is 13.8 Å². The van der Waals surface area contributed by atoms with Crippen molar-refractivity contribution in [3.05, 3.63) is 70.8 Å². The molecule has 0 amide bonds. The Kier molecular flexibility index (Phi) is 4.12. The van der Waals surface area contributed by atoms with Gasteiger partial charge < -0.3 is 5.32 Å². The topological polar surface area (TPSA) is 12.0 Å². The van der Waals surface area contributed by atoms with Crippen LogP contribution in [0.5, 0.6) is 0 Å². The zero-order valence-electron chi connectivity index (χ0n) is 13.3. The summed E-state index contributed by atoms with van der Waals surface area (Å²) in [4.78, 5) is 0. The van der Waals surface area contributed by atoms with Gasteiger partial charge in [0.05, 0.1) is 0 Å². The monoisotopic (exact) mass is 279 g/mol. The van der Waals surface area contributed by atoms with Crippen molar-refractivity contribution in [1.29, 1.82) is 0 Å². The van der Waals surface area contributed by atoms with Crippen LogP contribution in [0.25, 0.3) is 0 Å². The Morgan fingerprint density at radius 2 is 1.71 bits per heavy atom. The van der Waals surface area contributed by atoms with Crippen LogP contribution >= 0.6 is 0 Å². The number of hydrogen-bond acceptors (Lipinski definition) is 1. The second-order valence-electron chi connectivity index (χ2n) is 6.52. The van der Waals surface area contributed by atoms with E-state index in [1.54, 1.807) is 0 Å². The lowest BCUT2D eigenvalue weighted by Crippen LogP contribution is -2.41. The predicted octanol–water partition coefficient (Wildman–Crippen LogP) is 4.90. The molecule has 3 rings (SSSR count). The average molecular weight is 279 g/mol.